The molecule has 1 unspecified atom stereocenters. The van der Waals surface area contributed by atoms with E-state index in [0.717, 1.165) is 16.7 Å². The molecule has 0 radical (unpaired) electrons. The molecular formula is C14H15FN2. The van der Waals surface area contributed by atoms with Gasteiger partial charge < -0.3 is 5.32 Å². The Kier molecular flexibility index (Phi) is 3.49. The lowest BCUT2D eigenvalue weighted by Crippen LogP contribution is -2.18. The minimum absolute atomic E-state index is 0.0681. The number of hydrogen-bond donors (Lipinski definition) is 1. The lowest BCUT2D eigenvalue weighted by Gasteiger charge is -2.19. The van der Waals surface area contributed by atoms with Crippen LogP contribution in [-0.4, -0.2) is 12.0 Å². The summed E-state index contributed by atoms with van der Waals surface area (Å²) >= 11 is 0. The summed E-state index contributed by atoms with van der Waals surface area (Å²) < 4.78 is 13.1. The molecule has 1 aromatic carbocycles. The third kappa shape index (κ3) is 2.50. The van der Waals surface area contributed by atoms with E-state index in [0.29, 0.717) is 0 Å². The number of rotatable bonds is 3. The Morgan fingerprint density at radius 1 is 1.18 bits per heavy atom. The van der Waals surface area contributed by atoms with Crippen LogP contribution in [0, 0.1) is 12.7 Å². The van der Waals surface area contributed by atoms with E-state index in [-0.39, 0.29) is 11.9 Å². The van der Waals surface area contributed by atoms with Crippen LogP contribution in [0.4, 0.5) is 4.39 Å². The Labute approximate surface area is 101 Å². The molecule has 0 aliphatic heterocycles. The molecule has 1 N–H and O–H groups in total. The normalized spacial score (nSPS) is 12.4. The molecule has 0 aliphatic rings. The molecule has 17 heavy (non-hydrogen) atoms. The number of benzene rings is 1. The molecule has 0 aliphatic carbocycles. The molecular weight excluding hydrogens is 215 g/mol. The van der Waals surface area contributed by atoms with Crippen LogP contribution >= 0.6 is 0 Å². The number of nitrogens with one attached hydrogen (secondary N) is 1. The molecule has 0 amide bonds. The monoisotopic (exact) mass is 230 g/mol. The van der Waals surface area contributed by atoms with Crippen molar-refractivity contribution in [2.24, 2.45) is 0 Å². The van der Waals surface area contributed by atoms with Gasteiger partial charge in [0.05, 0.1) is 6.04 Å². The number of pyridine rings is 1. The van der Waals surface area contributed by atoms with Gasteiger partial charge in [0.25, 0.3) is 0 Å². The van der Waals surface area contributed by atoms with Gasteiger partial charge in [-0.1, -0.05) is 6.07 Å². The van der Waals surface area contributed by atoms with Crippen LogP contribution < -0.4 is 5.32 Å². The zero-order valence-corrected chi connectivity index (χ0v) is 9.94. The summed E-state index contributed by atoms with van der Waals surface area (Å²) in [7, 11) is 1.90. The lowest BCUT2D eigenvalue weighted by atomic mass is 9.96. The van der Waals surface area contributed by atoms with E-state index in [1.54, 1.807) is 18.5 Å². The lowest BCUT2D eigenvalue weighted by molar-refractivity contribution is 0.621. The Morgan fingerprint density at radius 3 is 2.47 bits per heavy atom. The SMILES string of the molecule is CNC(c1ccncc1)c1ccc(F)cc1C. The number of halogens is 1. The van der Waals surface area contributed by atoms with E-state index in [2.05, 4.69) is 10.3 Å². The summed E-state index contributed by atoms with van der Waals surface area (Å²) in [5.41, 5.74) is 3.15. The minimum Gasteiger partial charge on any atom is -0.309 e. The van der Waals surface area contributed by atoms with E-state index in [1.165, 1.54) is 6.07 Å². The molecule has 3 heteroatoms. The fourth-order valence-corrected chi connectivity index (χ4v) is 2.02. The summed E-state index contributed by atoms with van der Waals surface area (Å²) in [6.07, 6.45) is 3.52. The fraction of sp³-hybridized carbons (Fsp3) is 0.214. The van der Waals surface area contributed by atoms with Gasteiger partial charge in [-0.25, -0.2) is 4.39 Å². The van der Waals surface area contributed by atoms with Crippen LogP contribution in [-0.2, 0) is 0 Å². The van der Waals surface area contributed by atoms with Crippen LogP contribution in [0.1, 0.15) is 22.7 Å². The van der Waals surface area contributed by atoms with E-state index in [9.17, 15) is 4.39 Å². The topological polar surface area (TPSA) is 24.9 Å². The van der Waals surface area contributed by atoms with Crippen molar-refractivity contribution in [1.82, 2.24) is 10.3 Å². The van der Waals surface area contributed by atoms with E-state index in [1.807, 2.05) is 32.2 Å². The van der Waals surface area contributed by atoms with Crippen molar-refractivity contribution in [1.29, 1.82) is 0 Å². The number of hydrogen-bond acceptors (Lipinski definition) is 2. The van der Waals surface area contributed by atoms with E-state index >= 15 is 0 Å². The Balaban J connectivity index is 2.42. The number of aryl methyl sites for hydroxylation is 1. The molecule has 1 aromatic heterocycles. The van der Waals surface area contributed by atoms with E-state index in [4.69, 9.17) is 0 Å². The second-order valence-electron chi connectivity index (χ2n) is 4.00. The number of nitrogens with zero attached hydrogens (tertiary/aromatic N) is 1. The van der Waals surface area contributed by atoms with Crippen molar-refractivity contribution in [3.05, 3.63) is 65.2 Å². The predicted octanol–water partition coefficient (Wildman–Crippen LogP) is 2.84. The Bertz CT molecular complexity index is 497. The van der Waals surface area contributed by atoms with Gasteiger partial charge in [0, 0.05) is 12.4 Å². The highest BCUT2D eigenvalue weighted by Gasteiger charge is 2.14. The van der Waals surface area contributed by atoms with Crippen molar-refractivity contribution in [2.75, 3.05) is 7.05 Å². The zero-order valence-electron chi connectivity index (χ0n) is 9.94. The van der Waals surface area contributed by atoms with Crippen LogP contribution in [0.25, 0.3) is 0 Å². The molecule has 0 bridgehead atoms. The summed E-state index contributed by atoms with van der Waals surface area (Å²) in [5, 5.41) is 3.24. The van der Waals surface area contributed by atoms with Crippen molar-refractivity contribution in [2.45, 2.75) is 13.0 Å². The molecule has 1 heterocycles. The zero-order chi connectivity index (χ0) is 12.3. The van der Waals surface area contributed by atoms with Gasteiger partial charge in [-0.15, -0.1) is 0 Å². The standard InChI is InChI=1S/C14H15FN2/c1-10-9-12(15)3-4-13(10)14(16-2)11-5-7-17-8-6-11/h3-9,14,16H,1-2H3. The fourth-order valence-electron chi connectivity index (χ4n) is 2.02. The molecule has 2 nitrogen and oxygen atoms in total. The van der Waals surface area contributed by atoms with Crippen molar-refractivity contribution >= 4 is 0 Å². The maximum atomic E-state index is 13.1. The van der Waals surface area contributed by atoms with Crippen LogP contribution in [0.2, 0.25) is 0 Å². The summed E-state index contributed by atoms with van der Waals surface area (Å²) in [6, 6.07) is 8.87. The highest BCUT2D eigenvalue weighted by atomic mass is 19.1. The highest BCUT2D eigenvalue weighted by Crippen LogP contribution is 2.24. The Hall–Kier alpha value is -1.74. The molecule has 0 saturated heterocycles. The third-order valence-electron chi connectivity index (χ3n) is 2.87. The van der Waals surface area contributed by atoms with Crippen LogP contribution in [0.3, 0.4) is 0 Å². The smallest absolute Gasteiger partial charge is 0.123 e. The first-order valence-electron chi connectivity index (χ1n) is 5.55. The van der Waals surface area contributed by atoms with Crippen LogP contribution in [0.15, 0.2) is 42.7 Å². The van der Waals surface area contributed by atoms with Gasteiger partial charge in [-0.3, -0.25) is 4.98 Å². The second kappa shape index (κ2) is 5.06. The molecule has 0 saturated carbocycles. The van der Waals surface area contributed by atoms with Gasteiger partial charge in [0.1, 0.15) is 5.82 Å². The van der Waals surface area contributed by atoms with Gasteiger partial charge in [0.2, 0.25) is 0 Å². The van der Waals surface area contributed by atoms with Crippen molar-refractivity contribution in [3.63, 3.8) is 0 Å². The third-order valence-corrected chi connectivity index (χ3v) is 2.87. The first-order valence-corrected chi connectivity index (χ1v) is 5.55. The van der Waals surface area contributed by atoms with Gasteiger partial charge in [-0.05, 0) is 54.9 Å². The van der Waals surface area contributed by atoms with Gasteiger partial charge in [-0.2, -0.15) is 0 Å². The summed E-state index contributed by atoms with van der Waals surface area (Å²) in [4.78, 5) is 4.00. The van der Waals surface area contributed by atoms with Crippen molar-refractivity contribution in [3.8, 4) is 0 Å². The second-order valence-corrected chi connectivity index (χ2v) is 4.00. The maximum absolute atomic E-state index is 13.1. The average Bonchev–Trinajstić information content (AvgIpc) is 2.34. The van der Waals surface area contributed by atoms with Crippen molar-refractivity contribution < 1.29 is 4.39 Å². The van der Waals surface area contributed by atoms with Gasteiger partial charge >= 0.3 is 0 Å². The first kappa shape index (κ1) is 11.7. The molecule has 1 atom stereocenters. The first-order chi connectivity index (χ1) is 8.22. The molecule has 88 valence electrons. The molecule has 0 fully saturated rings. The van der Waals surface area contributed by atoms with Gasteiger partial charge in [0.15, 0.2) is 0 Å². The molecule has 0 spiro atoms. The Morgan fingerprint density at radius 2 is 1.88 bits per heavy atom. The quantitative estimate of drug-likeness (QED) is 0.877. The predicted molar refractivity (Wildman–Crippen MR) is 66.3 cm³/mol. The summed E-state index contributed by atoms with van der Waals surface area (Å²) in [6.45, 7) is 1.92. The summed E-state index contributed by atoms with van der Waals surface area (Å²) in [5.74, 6) is -0.198. The highest BCUT2D eigenvalue weighted by molar-refractivity contribution is 5.36. The molecule has 2 rings (SSSR count). The maximum Gasteiger partial charge on any atom is 0.123 e. The largest absolute Gasteiger partial charge is 0.309 e. The van der Waals surface area contributed by atoms with Crippen LogP contribution in [0.5, 0.6) is 0 Å². The number of aromatic nitrogens is 1. The average molecular weight is 230 g/mol. The molecule has 2 aromatic rings. The van der Waals surface area contributed by atoms with E-state index < -0.39 is 0 Å². The minimum atomic E-state index is -0.198.